The van der Waals surface area contributed by atoms with Crippen LogP contribution >= 0.6 is 83.8 Å². The van der Waals surface area contributed by atoms with Gasteiger partial charge in [0.2, 0.25) is 0 Å². The Hall–Kier alpha value is 2.50. The van der Waals surface area contributed by atoms with Crippen molar-refractivity contribution >= 4 is 83.8 Å². The summed E-state index contributed by atoms with van der Waals surface area (Å²) >= 11 is 3.86. The third-order valence-electron chi connectivity index (χ3n) is 0.402. The van der Waals surface area contributed by atoms with E-state index in [1.165, 1.54) is 0 Å². The first-order valence-electron chi connectivity index (χ1n) is 2.68. The fourth-order valence-electron chi connectivity index (χ4n) is 0.130. The molecule has 0 aromatic heterocycles. The molecule has 0 aliphatic rings. The molecule has 0 nitrogen and oxygen atoms in total. The Morgan fingerprint density at radius 3 is 1.43 bits per heavy atom. The summed E-state index contributed by atoms with van der Waals surface area (Å²) in [5.74, 6) is 0. The molecule has 0 fully saturated rings. The number of hydrogen-bond acceptors (Lipinski definition) is 2. The molecule has 0 bridgehead atoms. The summed E-state index contributed by atoms with van der Waals surface area (Å²) in [6.07, 6.45) is 4.01. The Morgan fingerprint density at radius 1 is 1.07 bits per heavy atom. The Labute approximate surface area is 134 Å². The fourth-order valence-corrected chi connectivity index (χ4v) is 1.74. The first-order chi connectivity index (χ1) is 4.83. The Kier molecular flexibility index (Phi) is 116. The van der Waals surface area contributed by atoms with Gasteiger partial charge in [0.25, 0.3) is 0 Å². The molecule has 2 atom stereocenters. The van der Waals surface area contributed by atoms with Gasteiger partial charge in [0.05, 0.1) is 0 Å². The average Bonchev–Trinajstić information content (AvgIpc) is 1.93. The lowest BCUT2D eigenvalue weighted by Gasteiger charge is -1.65. The van der Waals surface area contributed by atoms with Gasteiger partial charge in [-0.25, -0.2) is 0 Å². The lowest BCUT2D eigenvalue weighted by atomic mass is 10.8. The molecule has 92 valence electrons. The van der Waals surface area contributed by atoms with Gasteiger partial charge >= 0.3 is 0 Å². The molecule has 0 radical (unpaired) electrons. The van der Waals surface area contributed by atoms with Crippen molar-refractivity contribution in [1.82, 2.24) is 0 Å². The lowest BCUT2D eigenvalue weighted by Crippen LogP contribution is -1.26. The predicted molar refractivity (Wildman–Crippen MR) is 109 cm³/mol. The molecular formula is C8H24I2P2S2. The smallest absolute Gasteiger partial charge is 0.000764 e. The molecule has 0 rings (SSSR count). The van der Waals surface area contributed by atoms with E-state index in [9.17, 15) is 0 Å². The van der Waals surface area contributed by atoms with Crippen LogP contribution in [0.3, 0.4) is 0 Å². The van der Waals surface area contributed by atoms with Crippen LogP contribution in [0.2, 0.25) is 0 Å². The minimum Gasteiger partial charge on any atom is -0.153 e. The van der Waals surface area contributed by atoms with E-state index < -0.39 is 0 Å². The largest absolute Gasteiger partial charge is 0.153 e. The highest BCUT2D eigenvalue weighted by atomic mass is 127. The van der Waals surface area contributed by atoms with Crippen molar-refractivity contribution in [2.45, 2.75) is 28.7 Å². The van der Waals surface area contributed by atoms with Crippen molar-refractivity contribution in [2.24, 2.45) is 0 Å². The lowest BCUT2D eigenvalue weighted by molar-refractivity contribution is 1.79. The van der Waals surface area contributed by atoms with Gasteiger partial charge in [-0.15, -0.1) is 35.4 Å². The molecule has 0 aliphatic carbocycles. The molecule has 0 saturated carbocycles. The van der Waals surface area contributed by atoms with Crippen molar-refractivity contribution in [3.8, 4) is 0 Å². The second kappa shape index (κ2) is 45.1. The molecule has 6 heteroatoms. The van der Waals surface area contributed by atoms with Crippen molar-refractivity contribution in [2.75, 3.05) is 0 Å². The van der Waals surface area contributed by atoms with Crippen LogP contribution in [0.5, 0.6) is 0 Å². The van der Waals surface area contributed by atoms with Crippen LogP contribution in [0, 0.1) is 0 Å². The molecule has 0 aromatic carbocycles. The third kappa shape index (κ3) is 62.5. The SMILES string of the molecule is C.C.CC=CSI.CC=CSP.I.P. The number of rotatable bonds is 2. The topological polar surface area (TPSA) is 0 Å². The molecule has 14 heavy (non-hydrogen) atoms. The zero-order chi connectivity index (χ0) is 8.24. The summed E-state index contributed by atoms with van der Waals surface area (Å²) in [4.78, 5) is 0. The Bertz CT molecular complexity index is 89.3. The van der Waals surface area contributed by atoms with E-state index in [0.29, 0.717) is 0 Å². The van der Waals surface area contributed by atoms with E-state index in [1.807, 2.05) is 36.8 Å². The van der Waals surface area contributed by atoms with E-state index in [4.69, 9.17) is 0 Å². The van der Waals surface area contributed by atoms with Crippen molar-refractivity contribution < 1.29 is 0 Å². The predicted octanol–water partition coefficient (Wildman–Crippen LogP) is 6.59. The first-order valence-corrected chi connectivity index (χ1v) is 8.46. The molecule has 0 saturated heterocycles. The van der Waals surface area contributed by atoms with Crippen LogP contribution in [0.4, 0.5) is 0 Å². The maximum absolute atomic E-state index is 2.53. The molecule has 0 N–H and O–H groups in total. The number of hydrogen-bond donors (Lipinski definition) is 0. The van der Waals surface area contributed by atoms with Gasteiger partial charge in [0, 0.05) is 21.2 Å². The molecule has 0 amide bonds. The van der Waals surface area contributed by atoms with Gasteiger partial charge in [-0.1, -0.05) is 44.4 Å². The minimum absolute atomic E-state index is 0. The maximum atomic E-state index is 2.53. The van der Waals surface area contributed by atoms with Crippen LogP contribution in [0.1, 0.15) is 28.7 Å². The van der Waals surface area contributed by atoms with Crippen LogP contribution in [0.15, 0.2) is 23.0 Å². The summed E-state index contributed by atoms with van der Waals surface area (Å²) in [5.41, 5.74) is 0. The van der Waals surface area contributed by atoms with Crippen molar-refractivity contribution in [1.29, 1.82) is 0 Å². The highest BCUT2D eigenvalue weighted by molar-refractivity contribution is 14.2. The molecule has 0 aromatic rings. The van der Waals surface area contributed by atoms with Crippen molar-refractivity contribution in [3.63, 3.8) is 0 Å². The maximum Gasteiger partial charge on any atom is 0.000764 e. The van der Waals surface area contributed by atoms with Crippen molar-refractivity contribution in [3.05, 3.63) is 23.0 Å². The molecule has 0 aliphatic heterocycles. The summed E-state index contributed by atoms with van der Waals surface area (Å²) in [5, 5.41) is 4.03. The first kappa shape index (κ1) is 36.0. The monoisotopic (exact) mass is 500 g/mol. The number of halogens is 2. The molecule has 0 heterocycles. The van der Waals surface area contributed by atoms with Crippen LogP contribution in [-0.4, -0.2) is 0 Å². The summed E-state index contributed by atoms with van der Waals surface area (Å²) in [7, 11) is 4.22. The molecule has 0 spiro atoms. The zero-order valence-corrected chi connectivity index (χ0v) is 15.9. The van der Waals surface area contributed by atoms with E-state index >= 15 is 0 Å². The summed E-state index contributed by atoms with van der Waals surface area (Å²) in [6, 6.07) is 0. The minimum atomic E-state index is 0. The highest BCUT2D eigenvalue weighted by Gasteiger charge is 1.54. The quantitative estimate of drug-likeness (QED) is 0.310. The fraction of sp³-hybridized carbons (Fsp3) is 0.500. The van der Waals surface area contributed by atoms with Gasteiger partial charge in [-0.05, 0) is 24.7 Å². The Morgan fingerprint density at radius 2 is 1.43 bits per heavy atom. The third-order valence-corrected chi connectivity index (χ3v) is 2.56. The normalized spacial score (nSPS) is 7.14. The Balaban J connectivity index is -0.0000000178. The standard InChI is InChI=1S/C3H5IS.C3H7PS.2CH4.HI.H3P/c2*1-2-3-5-4;;;;/h2-3H,1H3;2-3H,4H2,1H3;2*1H4;1H;1H3. The summed E-state index contributed by atoms with van der Waals surface area (Å²) < 4.78 is 0. The van der Waals surface area contributed by atoms with E-state index in [2.05, 4.69) is 29.6 Å². The number of allylic oxidation sites excluding steroid dienone is 2. The van der Waals surface area contributed by atoms with Crippen LogP contribution in [-0.2, 0) is 0 Å². The molecule has 2 unspecified atom stereocenters. The zero-order valence-electron chi connectivity index (χ0n) is 7.20. The average molecular weight is 500 g/mol. The van der Waals surface area contributed by atoms with Crippen LogP contribution in [0.25, 0.3) is 0 Å². The second-order valence-electron chi connectivity index (χ2n) is 1.16. The van der Waals surface area contributed by atoms with Gasteiger partial charge < -0.3 is 0 Å². The van der Waals surface area contributed by atoms with E-state index in [1.54, 1.807) is 20.3 Å². The molecular weight excluding hydrogens is 476 g/mol. The highest BCUT2D eigenvalue weighted by Crippen LogP contribution is 2.10. The van der Waals surface area contributed by atoms with E-state index in [0.717, 1.165) is 0 Å². The van der Waals surface area contributed by atoms with Gasteiger partial charge in [0.15, 0.2) is 0 Å². The second-order valence-corrected chi connectivity index (χ2v) is 4.50. The van der Waals surface area contributed by atoms with E-state index in [-0.39, 0.29) is 48.7 Å². The van der Waals surface area contributed by atoms with Gasteiger partial charge in [-0.3, -0.25) is 0 Å². The van der Waals surface area contributed by atoms with Gasteiger partial charge in [-0.2, -0.15) is 9.90 Å². The van der Waals surface area contributed by atoms with Gasteiger partial charge in [0.1, 0.15) is 0 Å². The summed E-state index contributed by atoms with van der Waals surface area (Å²) in [6.45, 7) is 4.00. The van der Waals surface area contributed by atoms with Crippen LogP contribution < -0.4 is 0 Å².